The summed E-state index contributed by atoms with van der Waals surface area (Å²) in [6.07, 6.45) is 0. The Balaban J connectivity index is 1.71. The quantitative estimate of drug-likeness (QED) is 0.448. The van der Waals surface area contributed by atoms with Crippen molar-refractivity contribution in [2.75, 3.05) is 25.6 Å². The van der Waals surface area contributed by atoms with Crippen molar-refractivity contribution in [3.63, 3.8) is 0 Å². The minimum absolute atomic E-state index is 0.0929. The number of amides is 1. The van der Waals surface area contributed by atoms with Crippen molar-refractivity contribution < 1.29 is 19.1 Å². The molecule has 33 heavy (non-hydrogen) atoms. The summed E-state index contributed by atoms with van der Waals surface area (Å²) in [5.41, 5.74) is 2.72. The van der Waals surface area contributed by atoms with Gasteiger partial charge in [0, 0.05) is 18.4 Å². The van der Waals surface area contributed by atoms with E-state index in [4.69, 9.17) is 21.7 Å². The highest BCUT2D eigenvalue weighted by molar-refractivity contribution is 7.80. The standard InChI is InChI=1S/C25H29N3O4S/c1-16(2)14-32-24(30)22-17(3)28(4)25(33)27-23(22)18-10-12-19(13-11-18)26-21(29)15-31-20-8-6-5-7-9-20/h5-13,16,23H,14-15H2,1-4H3,(H,26,29)(H,27,33). The van der Waals surface area contributed by atoms with E-state index in [1.54, 1.807) is 29.2 Å². The van der Waals surface area contributed by atoms with Gasteiger partial charge in [0.15, 0.2) is 11.7 Å². The van der Waals surface area contributed by atoms with E-state index in [1.807, 2.05) is 58.2 Å². The Morgan fingerprint density at radius 1 is 1.12 bits per heavy atom. The minimum atomic E-state index is -0.445. The summed E-state index contributed by atoms with van der Waals surface area (Å²) in [5, 5.41) is 6.55. The Morgan fingerprint density at radius 3 is 2.42 bits per heavy atom. The molecule has 3 rings (SSSR count). The fraction of sp³-hybridized carbons (Fsp3) is 0.320. The summed E-state index contributed by atoms with van der Waals surface area (Å²) in [7, 11) is 1.81. The van der Waals surface area contributed by atoms with Crippen LogP contribution in [0.25, 0.3) is 0 Å². The van der Waals surface area contributed by atoms with Crippen LogP contribution in [0.1, 0.15) is 32.4 Å². The first-order valence-electron chi connectivity index (χ1n) is 10.8. The van der Waals surface area contributed by atoms with Crippen LogP contribution in [0, 0.1) is 5.92 Å². The maximum Gasteiger partial charge on any atom is 0.338 e. The largest absolute Gasteiger partial charge is 0.484 e. The van der Waals surface area contributed by atoms with Crippen molar-refractivity contribution >= 4 is 34.9 Å². The van der Waals surface area contributed by atoms with E-state index in [0.717, 1.165) is 11.3 Å². The number of carbonyl (C=O) groups excluding carboxylic acids is 2. The maximum atomic E-state index is 12.9. The van der Waals surface area contributed by atoms with Gasteiger partial charge in [-0.15, -0.1) is 0 Å². The van der Waals surface area contributed by atoms with Gasteiger partial charge in [-0.2, -0.15) is 0 Å². The van der Waals surface area contributed by atoms with E-state index in [0.29, 0.717) is 28.7 Å². The minimum Gasteiger partial charge on any atom is -0.484 e. The molecule has 2 aromatic carbocycles. The van der Waals surface area contributed by atoms with E-state index in [2.05, 4.69) is 10.6 Å². The number of hydrogen-bond donors (Lipinski definition) is 2. The van der Waals surface area contributed by atoms with Gasteiger partial charge >= 0.3 is 5.97 Å². The first kappa shape index (κ1) is 24.3. The van der Waals surface area contributed by atoms with Crippen LogP contribution in [-0.4, -0.2) is 42.2 Å². The lowest BCUT2D eigenvalue weighted by Crippen LogP contribution is -2.46. The van der Waals surface area contributed by atoms with Gasteiger partial charge in [-0.1, -0.05) is 44.2 Å². The summed E-state index contributed by atoms with van der Waals surface area (Å²) in [4.78, 5) is 26.9. The lowest BCUT2D eigenvalue weighted by molar-refractivity contribution is -0.140. The lowest BCUT2D eigenvalue weighted by Gasteiger charge is -2.35. The summed E-state index contributed by atoms with van der Waals surface area (Å²) >= 11 is 5.44. The molecular weight excluding hydrogens is 438 g/mol. The molecule has 8 heteroatoms. The van der Waals surface area contributed by atoms with Crippen LogP contribution in [0.5, 0.6) is 5.75 Å². The number of ether oxygens (including phenoxy) is 2. The summed E-state index contributed by atoms with van der Waals surface area (Å²) in [6.45, 7) is 6.08. The molecule has 0 spiro atoms. The van der Waals surface area contributed by atoms with Crippen LogP contribution in [0.4, 0.5) is 5.69 Å². The van der Waals surface area contributed by atoms with Crippen molar-refractivity contribution in [1.29, 1.82) is 0 Å². The number of nitrogens with one attached hydrogen (secondary N) is 2. The Kier molecular flexibility index (Phi) is 8.06. The number of esters is 1. The Morgan fingerprint density at radius 2 is 1.79 bits per heavy atom. The van der Waals surface area contributed by atoms with Gasteiger partial charge in [-0.05, 0) is 54.9 Å². The molecule has 0 fully saturated rings. The van der Waals surface area contributed by atoms with Crippen molar-refractivity contribution in [3.05, 3.63) is 71.4 Å². The van der Waals surface area contributed by atoms with E-state index in [1.165, 1.54) is 0 Å². The molecule has 0 saturated carbocycles. The number of para-hydroxylation sites is 1. The Hall–Kier alpha value is -3.39. The normalized spacial score (nSPS) is 15.8. The molecule has 174 valence electrons. The fourth-order valence-corrected chi connectivity index (χ4v) is 3.55. The topological polar surface area (TPSA) is 79.9 Å². The lowest BCUT2D eigenvalue weighted by atomic mass is 9.95. The average Bonchev–Trinajstić information content (AvgIpc) is 2.80. The van der Waals surface area contributed by atoms with Gasteiger partial charge in [-0.3, -0.25) is 4.79 Å². The highest BCUT2D eigenvalue weighted by Gasteiger charge is 2.33. The molecule has 1 atom stereocenters. The maximum absolute atomic E-state index is 12.9. The molecule has 0 aromatic heterocycles. The van der Waals surface area contributed by atoms with E-state index in [-0.39, 0.29) is 24.4 Å². The van der Waals surface area contributed by atoms with Crippen LogP contribution >= 0.6 is 12.2 Å². The van der Waals surface area contributed by atoms with Crippen LogP contribution in [0.2, 0.25) is 0 Å². The molecule has 0 bridgehead atoms. The molecule has 1 unspecified atom stereocenters. The first-order valence-corrected chi connectivity index (χ1v) is 11.2. The van der Waals surface area contributed by atoms with Crippen LogP contribution in [0.15, 0.2) is 65.9 Å². The van der Waals surface area contributed by atoms with Crippen molar-refractivity contribution in [1.82, 2.24) is 10.2 Å². The van der Waals surface area contributed by atoms with Crippen LogP contribution < -0.4 is 15.4 Å². The van der Waals surface area contributed by atoms with Crippen molar-refractivity contribution in [3.8, 4) is 5.75 Å². The van der Waals surface area contributed by atoms with Crippen LogP contribution in [0.3, 0.4) is 0 Å². The van der Waals surface area contributed by atoms with Gasteiger partial charge in [0.1, 0.15) is 5.75 Å². The Bertz CT molecular complexity index is 1040. The average molecular weight is 468 g/mol. The fourth-order valence-electron chi connectivity index (χ4n) is 3.29. The second kappa shape index (κ2) is 11.0. The molecule has 7 nitrogen and oxygen atoms in total. The van der Waals surface area contributed by atoms with Gasteiger partial charge in [0.25, 0.3) is 5.91 Å². The molecule has 0 radical (unpaired) electrons. The number of allylic oxidation sites excluding steroid dienone is 1. The molecule has 1 aliphatic rings. The number of thiocarbonyl (C=S) groups is 1. The molecule has 0 saturated heterocycles. The highest BCUT2D eigenvalue weighted by Crippen LogP contribution is 2.31. The second-order valence-corrected chi connectivity index (χ2v) is 8.59. The molecule has 1 aliphatic heterocycles. The molecule has 1 heterocycles. The third-order valence-corrected chi connectivity index (χ3v) is 5.55. The van der Waals surface area contributed by atoms with Crippen molar-refractivity contribution in [2.45, 2.75) is 26.8 Å². The Labute approximate surface area is 199 Å². The predicted molar refractivity (Wildman–Crippen MR) is 132 cm³/mol. The third-order valence-electron chi connectivity index (χ3n) is 5.16. The summed E-state index contributed by atoms with van der Waals surface area (Å²) < 4.78 is 11.0. The molecule has 1 amide bonds. The molecule has 0 aliphatic carbocycles. The number of hydrogen-bond acceptors (Lipinski definition) is 5. The zero-order valence-corrected chi connectivity index (χ0v) is 20.1. The third kappa shape index (κ3) is 6.32. The first-order chi connectivity index (χ1) is 15.8. The molecular formula is C25H29N3O4S. The SMILES string of the molecule is CC1=C(C(=O)OCC(C)C)C(c2ccc(NC(=O)COc3ccccc3)cc2)NC(=S)N1C. The molecule has 2 N–H and O–H groups in total. The molecule has 2 aromatic rings. The van der Waals surface area contributed by atoms with Gasteiger partial charge in [0.05, 0.1) is 18.2 Å². The smallest absolute Gasteiger partial charge is 0.338 e. The number of rotatable bonds is 8. The van der Waals surface area contributed by atoms with Crippen LogP contribution in [-0.2, 0) is 14.3 Å². The monoisotopic (exact) mass is 467 g/mol. The second-order valence-electron chi connectivity index (χ2n) is 8.20. The zero-order chi connectivity index (χ0) is 24.0. The van der Waals surface area contributed by atoms with Gasteiger partial charge < -0.3 is 25.0 Å². The van der Waals surface area contributed by atoms with E-state index >= 15 is 0 Å². The summed E-state index contributed by atoms with van der Waals surface area (Å²) in [5.74, 6) is 0.228. The number of nitrogens with zero attached hydrogens (tertiary/aromatic N) is 1. The summed E-state index contributed by atoms with van der Waals surface area (Å²) in [6, 6.07) is 16.0. The van der Waals surface area contributed by atoms with Crippen molar-refractivity contribution in [2.24, 2.45) is 5.92 Å². The number of carbonyl (C=O) groups is 2. The van der Waals surface area contributed by atoms with E-state index < -0.39 is 6.04 Å². The zero-order valence-electron chi connectivity index (χ0n) is 19.3. The number of anilines is 1. The van der Waals surface area contributed by atoms with Gasteiger partial charge in [0.2, 0.25) is 0 Å². The highest BCUT2D eigenvalue weighted by atomic mass is 32.1. The number of benzene rings is 2. The van der Waals surface area contributed by atoms with E-state index in [9.17, 15) is 9.59 Å². The predicted octanol–water partition coefficient (Wildman–Crippen LogP) is 4.04. The van der Waals surface area contributed by atoms with Gasteiger partial charge in [-0.25, -0.2) is 4.79 Å².